The molecule has 16 heavy (non-hydrogen) atoms. The second kappa shape index (κ2) is 7.60. The Hall–Kier alpha value is -0.640. The van der Waals surface area contributed by atoms with E-state index in [9.17, 15) is 0 Å². The van der Waals surface area contributed by atoms with Crippen LogP contribution in [-0.2, 0) is 0 Å². The van der Waals surface area contributed by atoms with Gasteiger partial charge >= 0.3 is 0 Å². The molecule has 1 atom stereocenters. The quantitative estimate of drug-likeness (QED) is 0.715. The van der Waals surface area contributed by atoms with Crippen LogP contribution in [0.3, 0.4) is 0 Å². The van der Waals surface area contributed by atoms with Crippen molar-refractivity contribution in [2.24, 2.45) is 5.92 Å². The second-order valence-corrected chi connectivity index (χ2v) is 4.72. The SMILES string of the molecule is CCCCC(CC)COc1cc(Br)ncn1. The van der Waals surface area contributed by atoms with Crippen molar-refractivity contribution in [3.63, 3.8) is 0 Å². The summed E-state index contributed by atoms with van der Waals surface area (Å²) in [7, 11) is 0. The van der Waals surface area contributed by atoms with Crippen molar-refractivity contribution >= 4 is 15.9 Å². The fraction of sp³-hybridized carbons (Fsp3) is 0.667. The molecule has 1 aromatic rings. The average molecular weight is 287 g/mol. The van der Waals surface area contributed by atoms with Crippen molar-refractivity contribution in [3.8, 4) is 5.88 Å². The van der Waals surface area contributed by atoms with Gasteiger partial charge in [0, 0.05) is 6.07 Å². The van der Waals surface area contributed by atoms with Crippen LogP contribution in [0, 0.1) is 5.92 Å². The summed E-state index contributed by atoms with van der Waals surface area (Å²) in [5, 5.41) is 0. The lowest BCUT2D eigenvalue weighted by Gasteiger charge is -2.14. The number of hydrogen-bond acceptors (Lipinski definition) is 3. The maximum Gasteiger partial charge on any atom is 0.217 e. The first kappa shape index (κ1) is 13.4. The highest BCUT2D eigenvalue weighted by Crippen LogP contribution is 2.16. The van der Waals surface area contributed by atoms with E-state index in [1.165, 1.54) is 25.6 Å². The molecule has 0 aliphatic heterocycles. The monoisotopic (exact) mass is 286 g/mol. The molecular formula is C12H19BrN2O. The molecular weight excluding hydrogens is 268 g/mol. The summed E-state index contributed by atoms with van der Waals surface area (Å²) in [6.45, 7) is 5.18. The Morgan fingerprint density at radius 2 is 2.19 bits per heavy atom. The maximum atomic E-state index is 5.66. The van der Waals surface area contributed by atoms with Crippen LogP contribution < -0.4 is 4.74 Å². The topological polar surface area (TPSA) is 35.0 Å². The third-order valence-electron chi connectivity index (χ3n) is 2.62. The van der Waals surface area contributed by atoms with Crippen LogP contribution in [0.15, 0.2) is 17.0 Å². The number of halogens is 1. The lowest BCUT2D eigenvalue weighted by atomic mass is 10.0. The first-order valence-electron chi connectivity index (χ1n) is 5.86. The molecule has 90 valence electrons. The zero-order valence-corrected chi connectivity index (χ0v) is 11.5. The molecule has 0 aromatic carbocycles. The van der Waals surface area contributed by atoms with E-state index in [2.05, 4.69) is 39.7 Å². The van der Waals surface area contributed by atoms with Crippen LogP contribution in [0.2, 0.25) is 0 Å². The van der Waals surface area contributed by atoms with Gasteiger partial charge in [-0.3, -0.25) is 0 Å². The van der Waals surface area contributed by atoms with E-state index >= 15 is 0 Å². The Labute approximate surface area is 106 Å². The lowest BCUT2D eigenvalue weighted by molar-refractivity contribution is 0.225. The van der Waals surface area contributed by atoms with Crippen molar-refractivity contribution in [2.45, 2.75) is 39.5 Å². The summed E-state index contributed by atoms with van der Waals surface area (Å²) >= 11 is 3.30. The smallest absolute Gasteiger partial charge is 0.217 e. The highest BCUT2D eigenvalue weighted by atomic mass is 79.9. The number of unbranched alkanes of at least 4 members (excludes halogenated alkanes) is 1. The van der Waals surface area contributed by atoms with E-state index in [4.69, 9.17) is 4.74 Å². The minimum absolute atomic E-state index is 0.633. The number of ether oxygens (including phenoxy) is 1. The molecule has 0 fully saturated rings. The van der Waals surface area contributed by atoms with Crippen LogP contribution in [-0.4, -0.2) is 16.6 Å². The lowest BCUT2D eigenvalue weighted by Crippen LogP contribution is -2.11. The third kappa shape index (κ3) is 4.92. The number of aromatic nitrogens is 2. The van der Waals surface area contributed by atoms with E-state index in [0.717, 1.165) is 17.6 Å². The molecule has 0 aliphatic carbocycles. The van der Waals surface area contributed by atoms with Crippen LogP contribution in [0.1, 0.15) is 39.5 Å². The second-order valence-electron chi connectivity index (χ2n) is 3.91. The molecule has 0 aliphatic rings. The standard InChI is InChI=1S/C12H19BrN2O/c1-3-5-6-10(4-2)8-16-12-7-11(13)14-9-15-12/h7,9-10H,3-6,8H2,1-2H3. The van der Waals surface area contributed by atoms with Crippen LogP contribution in [0.5, 0.6) is 5.88 Å². The van der Waals surface area contributed by atoms with E-state index in [1.807, 2.05) is 0 Å². The molecule has 0 saturated heterocycles. The van der Waals surface area contributed by atoms with E-state index in [0.29, 0.717) is 11.8 Å². The highest BCUT2D eigenvalue weighted by Gasteiger charge is 2.07. The number of hydrogen-bond donors (Lipinski definition) is 0. The summed E-state index contributed by atoms with van der Waals surface area (Å²) in [5.41, 5.74) is 0. The van der Waals surface area contributed by atoms with Crippen LogP contribution >= 0.6 is 15.9 Å². The third-order valence-corrected chi connectivity index (χ3v) is 3.05. The van der Waals surface area contributed by atoms with Gasteiger partial charge in [-0.2, -0.15) is 0 Å². The normalized spacial score (nSPS) is 12.4. The van der Waals surface area contributed by atoms with Gasteiger partial charge in [0.2, 0.25) is 5.88 Å². The molecule has 0 spiro atoms. The zero-order valence-electron chi connectivity index (χ0n) is 9.95. The van der Waals surface area contributed by atoms with Gasteiger partial charge in [0.05, 0.1) is 6.61 Å². The summed E-state index contributed by atoms with van der Waals surface area (Å²) in [6, 6.07) is 1.80. The largest absolute Gasteiger partial charge is 0.477 e. The van der Waals surface area contributed by atoms with Gasteiger partial charge in [-0.05, 0) is 28.3 Å². The van der Waals surface area contributed by atoms with Crippen molar-refractivity contribution in [1.29, 1.82) is 0 Å². The highest BCUT2D eigenvalue weighted by molar-refractivity contribution is 9.10. The van der Waals surface area contributed by atoms with Gasteiger partial charge in [0.1, 0.15) is 10.9 Å². The minimum Gasteiger partial charge on any atom is -0.477 e. The van der Waals surface area contributed by atoms with Crippen molar-refractivity contribution < 1.29 is 4.74 Å². The fourth-order valence-corrected chi connectivity index (χ4v) is 1.79. The summed E-state index contributed by atoms with van der Waals surface area (Å²) in [4.78, 5) is 8.03. The minimum atomic E-state index is 0.633. The van der Waals surface area contributed by atoms with Gasteiger partial charge < -0.3 is 4.74 Å². The molecule has 1 rings (SSSR count). The summed E-state index contributed by atoms with van der Waals surface area (Å²) in [6.07, 6.45) is 6.42. The van der Waals surface area contributed by atoms with Gasteiger partial charge in [0.15, 0.2) is 0 Å². The molecule has 0 radical (unpaired) electrons. The van der Waals surface area contributed by atoms with Crippen molar-refractivity contribution in [3.05, 3.63) is 17.0 Å². The first-order chi connectivity index (χ1) is 7.76. The average Bonchev–Trinajstić information content (AvgIpc) is 2.29. The van der Waals surface area contributed by atoms with Gasteiger partial charge in [-0.25, -0.2) is 9.97 Å². The van der Waals surface area contributed by atoms with Crippen molar-refractivity contribution in [1.82, 2.24) is 9.97 Å². The van der Waals surface area contributed by atoms with E-state index < -0.39 is 0 Å². The van der Waals surface area contributed by atoms with E-state index in [1.54, 1.807) is 6.07 Å². The van der Waals surface area contributed by atoms with Crippen molar-refractivity contribution in [2.75, 3.05) is 6.61 Å². The Morgan fingerprint density at radius 1 is 1.38 bits per heavy atom. The molecule has 0 amide bonds. The molecule has 1 heterocycles. The number of rotatable bonds is 7. The number of nitrogens with zero attached hydrogens (tertiary/aromatic N) is 2. The molecule has 3 nitrogen and oxygen atoms in total. The fourth-order valence-electron chi connectivity index (χ4n) is 1.50. The molecule has 1 unspecified atom stereocenters. The summed E-state index contributed by atoms with van der Waals surface area (Å²) in [5.74, 6) is 1.28. The van der Waals surface area contributed by atoms with Crippen LogP contribution in [0.4, 0.5) is 0 Å². The predicted molar refractivity (Wildman–Crippen MR) is 68.5 cm³/mol. The van der Waals surface area contributed by atoms with Gasteiger partial charge in [-0.1, -0.05) is 33.1 Å². The van der Waals surface area contributed by atoms with E-state index in [-0.39, 0.29) is 0 Å². The molecule has 0 bridgehead atoms. The van der Waals surface area contributed by atoms with Crippen LogP contribution in [0.25, 0.3) is 0 Å². The Kier molecular flexibility index (Phi) is 6.38. The molecule has 1 aromatic heterocycles. The zero-order chi connectivity index (χ0) is 11.8. The molecule has 0 N–H and O–H groups in total. The predicted octanol–water partition coefficient (Wildman–Crippen LogP) is 3.83. The summed E-state index contributed by atoms with van der Waals surface area (Å²) < 4.78 is 6.42. The Bertz CT molecular complexity index is 307. The molecule has 0 saturated carbocycles. The molecule has 4 heteroatoms. The first-order valence-corrected chi connectivity index (χ1v) is 6.65. The Morgan fingerprint density at radius 3 is 2.81 bits per heavy atom. The Balaban J connectivity index is 2.37. The van der Waals surface area contributed by atoms with Gasteiger partial charge in [0.25, 0.3) is 0 Å². The maximum absolute atomic E-state index is 5.66. The van der Waals surface area contributed by atoms with Gasteiger partial charge in [-0.15, -0.1) is 0 Å².